The molecule has 6 heteroatoms. The number of nitrogens with two attached hydrogens (primary N) is 1. The third-order valence-corrected chi connectivity index (χ3v) is 3.49. The first kappa shape index (κ1) is 14.1. The number of nitrogens with zero attached hydrogens (tertiary/aromatic N) is 2. The van der Waals surface area contributed by atoms with E-state index in [1.165, 1.54) is 11.3 Å². The molecule has 1 amide bonds. The molecule has 1 aromatic heterocycles. The molecular formula is C11H20N4OS. The molecule has 0 bridgehead atoms. The zero-order valence-electron chi connectivity index (χ0n) is 10.6. The fourth-order valence-electron chi connectivity index (χ4n) is 1.37. The van der Waals surface area contributed by atoms with Crippen molar-refractivity contribution in [2.24, 2.45) is 5.73 Å². The van der Waals surface area contributed by atoms with E-state index in [0.29, 0.717) is 19.5 Å². The summed E-state index contributed by atoms with van der Waals surface area (Å²) in [7, 11) is 3.96. The van der Waals surface area contributed by atoms with E-state index in [0.717, 1.165) is 22.1 Å². The molecule has 0 aliphatic heterocycles. The van der Waals surface area contributed by atoms with Gasteiger partial charge in [0.2, 0.25) is 5.91 Å². The summed E-state index contributed by atoms with van der Waals surface area (Å²) in [6, 6.07) is 0. The normalized spacial score (nSPS) is 10.9. The Balaban J connectivity index is 2.42. The molecule has 1 heterocycles. The maximum Gasteiger partial charge on any atom is 0.225 e. The summed E-state index contributed by atoms with van der Waals surface area (Å²) in [6.07, 6.45) is 0.400. The highest BCUT2D eigenvalue weighted by Gasteiger charge is 2.10. The third-order valence-electron chi connectivity index (χ3n) is 2.31. The summed E-state index contributed by atoms with van der Waals surface area (Å²) < 4.78 is 0. The van der Waals surface area contributed by atoms with Crippen molar-refractivity contribution in [3.8, 4) is 0 Å². The molecule has 1 rings (SSSR count). The predicted molar refractivity (Wildman–Crippen MR) is 70.0 cm³/mol. The maximum atomic E-state index is 11.7. The quantitative estimate of drug-likeness (QED) is 0.759. The van der Waals surface area contributed by atoms with Crippen molar-refractivity contribution in [3.05, 3.63) is 15.6 Å². The minimum Gasteiger partial charge on any atom is -0.355 e. The minimum absolute atomic E-state index is 0.0437. The number of carbonyl (C=O) groups is 1. The molecule has 0 spiro atoms. The van der Waals surface area contributed by atoms with E-state index in [-0.39, 0.29) is 5.91 Å². The topological polar surface area (TPSA) is 71.2 Å². The van der Waals surface area contributed by atoms with E-state index in [9.17, 15) is 4.79 Å². The minimum atomic E-state index is 0.0437. The number of aryl methyl sites for hydroxylation is 1. The standard InChI is InChI=1S/C11H20N4OS/c1-8-9(17-11(7-12)14-8)6-10(16)13-4-5-15(2)3/h4-7,12H2,1-3H3,(H,13,16). The monoisotopic (exact) mass is 256 g/mol. The molecule has 5 nitrogen and oxygen atoms in total. The molecule has 0 atom stereocenters. The fraction of sp³-hybridized carbons (Fsp3) is 0.636. The van der Waals surface area contributed by atoms with E-state index < -0.39 is 0 Å². The van der Waals surface area contributed by atoms with Gasteiger partial charge >= 0.3 is 0 Å². The Morgan fingerprint density at radius 3 is 2.76 bits per heavy atom. The highest BCUT2D eigenvalue weighted by Crippen LogP contribution is 2.17. The molecule has 0 fully saturated rings. The molecule has 0 aliphatic carbocycles. The summed E-state index contributed by atoms with van der Waals surface area (Å²) >= 11 is 1.52. The SMILES string of the molecule is Cc1nc(CN)sc1CC(=O)NCCN(C)C. The zero-order chi connectivity index (χ0) is 12.8. The highest BCUT2D eigenvalue weighted by atomic mass is 32.1. The van der Waals surface area contributed by atoms with Crippen LogP contribution in [0.4, 0.5) is 0 Å². The van der Waals surface area contributed by atoms with Crippen LogP contribution in [0.15, 0.2) is 0 Å². The van der Waals surface area contributed by atoms with Crippen LogP contribution < -0.4 is 11.1 Å². The Bertz CT molecular complexity index is 376. The van der Waals surface area contributed by atoms with Crippen LogP contribution >= 0.6 is 11.3 Å². The van der Waals surface area contributed by atoms with Crippen LogP contribution in [0.2, 0.25) is 0 Å². The van der Waals surface area contributed by atoms with Crippen LogP contribution in [0.3, 0.4) is 0 Å². The molecule has 0 saturated carbocycles. The number of thiazole rings is 1. The van der Waals surface area contributed by atoms with Gasteiger partial charge in [-0.3, -0.25) is 4.79 Å². The molecule has 3 N–H and O–H groups in total. The van der Waals surface area contributed by atoms with Gasteiger partial charge in [-0.2, -0.15) is 0 Å². The fourth-order valence-corrected chi connectivity index (χ4v) is 2.31. The lowest BCUT2D eigenvalue weighted by molar-refractivity contribution is -0.120. The molecule has 17 heavy (non-hydrogen) atoms. The second kappa shape index (κ2) is 6.68. The van der Waals surface area contributed by atoms with E-state index >= 15 is 0 Å². The number of likely N-dealkylation sites (N-methyl/N-ethyl adjacent to an activating group) is 1. The Morgan fingerprint density at radius 1 is 1.53 bits per heavy atom. The number of hydrogen-bond acceptors (Lipinski definition) is 5. The second-order valence-corrected chi connectivity index (χ2v) is 5.32. The van der Waals surface area contributed by atoms with E-state index in [1.54, 1.807) is 0 Å². The zero-order valence-corrected chi connectivity index (χ0v) is 11.4. The molecule has 0 aromatic carbocycles. The van der Waals surface area contributed by atoms with Gasteiger partial charge in [0.05, 0.1) is 12.1 Å². The smallest absolute Gasteiger partial charge is 0.225 e. The van der Waals surface area contributed by atoms with Gasteiger partial charge in [-0.25, -0.2) is 4.98 Å². The van der Waals surface area contributed by atoms with Gasteiger partial charge < -0.3 is 16.0 Å². The van der Waals surface area contributed by atoms with Crippen molar-refractivity contribution in [2.75, 3.05) is 27.2 Å². The van der Waals surface area contributed by atoms with Gasteiger partial charge in [-0.15, -0.1) is 11.3 Å². The van der Waals surface area contributed by atoms with Gasteiger partial charge in [0, 0.05) is 24.5 Å². The molecule has 1 aromatic rings. The molecule has 0 unspecified atom stereocenters. The molecule has 0 saturated heterocycles. The number of hydrogen-bond donors (Lipinski definition) is 2. The van der Waals surface area contributed by atoms with Crippen molar-refractivity contribution >= 4 is 17.2 Å². The van der Waals surface area contributed by atoms with E-state index in [1.807, 2.05) is 25.9 Å². The van der Waals surface area contributed by atoms with Crippen molar-refractivity contribution in [2.45, 2.75) is 19.9 Å². The maximum absolute atomic E-state index is 11.7. The van der Waals surface area contributed by atoms with Crippen LogP contribution in [0.25, 0.3) is 0 Å². The Labute approximate surface area is 106 Å². The van der Waals surface area contributed by atoms with Crippen molar-refractivity contribution in [1.82, 2.24) is 15.2 Å². The van der Waals surface area contributed by atoms with Gasteiger partial charge in [0.15, 0.2) is 0 Å². The van der Waals surface area contributed by atoms with Crippen LogP contribution in [0.1, 0.15) is 15.6 Å². The summed E-state index contributed by atoms with van der Waals surface area (Å²) in [4.78, 5) is 19.0. The number of rotatable bonds is 6. The van der Waals surface area contributed by atoms with Gasteiger partial charge in [0.25, 0.3) is 0 Å². The Hall–Kier alpha value is -0.980. The lowest BCUT2D eigenvalue weighted by Gasteiger charge is -2.09. The summed E-state index contributed by atoms with van der Waals surface area (Å²) in [5.74, 6) is 0.0437. The van der Waals surface area contributed by atoms with Crippen LogP contribution in [-0.2, 0) is 17.8 Å². The number of aromatic nitrogens is 1. The Morgan fingerprint density at radius 2 is 2.24 bits per heavy atom. The van der Waals surface area contributed by atoms with Crippen molar-refractivity contribution < 1.29 is 4.79 Å². The van der Waals surface area contributed by atoms with E-state index in [4.69, 9.17) is 5.73 Å². The molecule has 96 valence electrons. The first-order valence-corrected chi connectivity index (χ1v) is 6.41. The van der Waals surface area contributed by atoms with Crippen molar-refractivity contribution in [1.29, 1.82) is 0 Å². The molecular weight excluding hydrogens is 236 g/mol. The van der Waals surface area contributed by atoms with Gasteiger partial charge in [0.1, 0.15) is 5.01 Å². The second-order valence-electron chi connectivity index (χ2n) is 4.15. The summed E-state index contributed by atoms with van der Waals surface area (Å²) in [5.41, 5.74) is 6.43. The predicted octanol–water partition coefficient (Wildman–Crippen LogP) is 0.131. The summed E-state index contributed by atoms with van der Waals surface area (Å²) in [5, 5.41) is 3.77. The highest BCUT2D eigenvalue weighted by molar-refractivity contribution is 7.11. The Kier molecular flexibility index (Phi) is 5.54. The number of carbonyl (C=O) groups excluding carboxylic acids is 1. The first-order valence-electron chi connectivity index (χ1n) is 5.59. The van der Waals surface area contributed by atoms with Crippen LogP contribution in [0, 0.1) is 6.92 Å². The average Bonchev–Trinajstić information content (AvgIpc) is 2.59. The average molecular weight is 256 g/mol. The molecule has 0 radical (unpaired) electrons. The lowest BCUT2D eigenvalue weighted by Crippen LogP contribution is -2.32. The van der Waals surface area contributed by atoms with Crippen LogP contribution in [-0.4, -0.2) is 43.0 Å². The van der Waals surface area contributed by atoms with E-state index in [2.05, 4.69) is 10.3 Å². The largest absolute Gasteiger partial charge is 0.355 e. The van der Waals surface area contributed by atoms with Gasteiger partial charge in [-0.05, 0) is 21.0 Å². The lowest BCUT2D eigenvalue weighted by atomic mass is 10.3. The van der Waals surface area contributed by atoms with Gasteiger partial charge in [-0.1, -0.05) is 0 Å². The molecule has 0 aliphatic rings. The summed E-state index contributed by atoms with van der Waals surface area (Å²) in [6.45, 7) is 3.88. The third kappa shape index (κ3) is 4.80. The first-order chi connectivity index (χ1) is 8.02. The number of amides is 1. The van der Waals surface area contributed by atoms with Crippen molar-refractivity contribution in [3.63, 3.8) is 0 Å². The van der Waals surface area contributed by atoms with Crippen LogP contribution in [0.5, 0.6) is 0 Å². The number of nitrogens with one attached hydrogen (secondary N) is 1.